The van der Waals surface area contributed by atoms with Crippen LogP contribution in [0.3, 0.4) is 0 Å². The molecule has 0 fully saturated rings. The molecule has 1 unspecified atom stereocenters. The molecule has 0 spiro atoms. The van der Waals surface area contributed by atoms with Crippen LogP contribution in [0.25, 0.3) is 0 Å². The lowest BCUT2D eigenvalue weighted by molar-refractivity contribution is 0.190. The van der Waals surface area contributed by atoms with E-state index in [0.717, 1.165) is 37.5 Å². The summed E-state index contributed by atoms with van der Waals surface area (Å²) >= 11 is 0. The van der Waals surface area contributed by atoms with Crippen LogP contribution in [0.1, 0.15) is 37.5 Å². The van der Waals surface area contributed by atoms with E-state index in [1.165, 1.54) is 0 Å². The number of ether oxygens (including phenoxy) is 1. The Labute approximate surface area is 90.6 Å². The molecule has 86 valence electrons. The summed E-state index contributed by atoms with van der Waals surface area (Å²) in [4.78, 5) is 4.39. The van der Waals surface area contributed by atoms with Gasteiger partial charge in [0, 0.05) is 27.2 Å². The number of hydrogen-bond donors (Lipinski definition) is 1. The van der Waals surface area contributed by atoms with Crippen molar-refractivity contribution in [3.63, 3.8) is 0 Å². The number of nitrogens with zero attached hydrogens (tertiary/aromatic N) is 3. The van der Waals surface area contributed by atoms with Crippen LogP contribution in [0.5, 0.6) is 0 Å². The Bertz CT molecular complexity index is 298. The first kappa shape index (κ1) is 12.1. The van der Waals surface area contributed by atoms with Crippen molar-refractivity contribution in [2.75, 3.05) is 13.7 Å². The highest BCUT2D eigenvalue weighted by atomic mass is 16.5. The van der Waals surface area contributed by atoms with Gasteiger partial charge in [0.1, 0.15) is 5.82 Å². The topological polar surface area (TPSA) is 66.0 Å². The molecule has 0 amide bonds. The summed E-state index contributed by atoms with van der Waals surface area (Å²) < 4.78 is 6.76. The summed E-state index contributed by atoms with van der Waals surface area (Å²) in [5, 5.41) is 4.27. The summed E-state index contributed by atoms with van der Waals surface area (Å²) in [6.07, 6.45) is 2.67. The molecule has 5 nitrogen and oxygen atoms in total. The molecule has 1 heterocycles. The van der Waals surface area contributed by atoms with Crippen molar-refractivity contribution in [1.29, 1.82) is 0 Å². The minimum atomic E-state index is -0.0436. The zero-order valence-corrected chi connectivity index (χ0v) is 9.73. The molecule has 0 aliphatic rings. The van der Waals surface area contributed by atoms with E-state index in [9.17, 15) is 0 Å². The molecule has 0 saturated heterocycles. The van der Waals surface area contributed by atoms with Gasteiger partial charge in [-0.2, -0.15) is 5.10 Å². The lowest BCUT2D eigenvalue weighted by atomic mass is 10.1. The van der Waals surface area contributed by atoms with Gasteiger partial charge in [0.15, 0.2) is 5.82 Å². The molecule has 1 atom stereocenters. The maximum absolute atomic E-state index is 6.03. The predicted molar refractivity (Wildman–Crippen MR) is 58.4 cm³/mol. The normalized spacial score (nSPS) is 13.1. The molecular weight excluding hydrogens is 192 g/mol. The molecule has 0 radical (unpaired) electrons. The van der Waals surface area contributed by atoms with Gasteiger partial charge >= 0.3 is 0 Å². The zero-order valence-electron chi connectivity index (χ0n) is 9.73. The Morgan fingerprint density at radius 3 is 2.80 bits per heavy atom. The van der Waals surface area contributed by atoms with Crippen molar-refractivity contribution in [3.8, 4) is 0 Å². The van der Waals surface area contributed by atoms with E-state index in [0.29, 0.717) is 0 Å². The van der Waals surface area contributed by atoms with Gasteiger partial charge in [-0.1, -0.05) is 6.92 Å². The average Bonchev–Trinajstić information content (AvgIpc) is 2.60. The van der Waals surface area contributed by atoms with E-state index in [2.05, 4.69) is 10.1 Å². The van der Waals surface area contributed by atoms with Crippen LogP contribution in [-0.2, 0) is 18.2 Å². The Balaban J connectivity index is 2.56. The van der Waals surface area contributed by atoms with Crippen LogP contribution in [0, 0.1) is 0 Å². The van der Waals surface area contributed by atoms with Crippen molar-refractivity contribution in [1.82, 2.24) is 14.8 Å². The largest absolute Gasteiger partial charge is 0.385 e. The van der Waals surface area contributed by atoms with Crippen molar-refractivity contribution < 1.29 is 4.74 Å². The van der Waals surface area contributed by atoms with Gasteiger partial charge in [-0.25, -0.2) is 4.98 Å². The molecule has 0 aromatic carbocycles. The minimum Gasteiger partial charge on any atom is -0.385 e. The van der Waals surface area contributed by atoms with Crippen molar-refractivity contribution in [2.24, 2.45) is 12.8 Å². The fraction of sp³-hybridized carbons (Fsp3) is 0.800. The van der Waals surface area contributed by atoms with Crippen molar-refractivity contribution >= 4 is 0 Å². The number of aromatic nitrogens is 3. The first-order valence-corrected chi connectivity index (χ1v) is 5.33. The van der Waals surface area contributed by atoms with E-state index in [-0.39, 0.29) is 6.04 Å². The number of rotatable bonds is 6. The lowest BCUT2D eigenvalue weighted by Crippen LogP contribution is -2.16. The van der Waals surface area contributed by atoms with Crippen LogP contribution in [0.4, 0.5) is 0 Å². The molecule has 1 aromatic heterocycles. The summed E-state index contributed by atoms with van der Waals surface area (Å²) in [5.74, 6) is 1.72. The van der Waals surface area contributed by atoms with Gasteiger partial charge in [-0.05, 0) is 12.8 Å². The fourth-order valence-corrected chi connectivity index (χ4v) is 1.50. The highest BCUT2D eigenvalue weighted by Crippen LogP contribution is 2.13. The molecular formula is C10H20N4O. The SMILES string of the molecule is CCc1nc(C(N)CCCOC)n(C)n1. The van der Waals surface area contributed by atoms with Crippen molar-refractivity contribution in [2.45, 2.75) is 32.2 Å². The van der Waals surface area contributed by atoms with Gasteiger partial charge in [0.05, 0.1) is 6.04 Å². The Morgan fingerprint density at radius 2 is 2.27 bits per heavy atom. The fourth-order valence-electron chi connectivity index (χ4n) is 1.50. The molecule has 0 bridgehead atoms. The van der Waals surface area contributed by atoms with Crippen molar-refractivity contribution in [3.05, 3.63) is 11.6 Å². The number of nitrogens with two attached hydrogens (primary N) is 1. The quantitative estimate of drug-likeness (QED) is 0.708. The van der Waals surface area contributed by atoms with E-state index in [1.54, 1.807) is 11.8 Å². The number of aryl methyl sites for hydroxylation is 2. The second kappa shape index (κ2) is 5.82. The summed E-state index contributed by atoms with van der Waals surface area (Å²) in [6, 6.07) is -0.0436. The molecule has 5 heteroatoms. The first-order valence-electron chi connectivity index (χ1n) is 5.33. The third kappa shape index (κ3) is 3.28. The van der Waals surface area contributed by atoms with Gasteiger partial charge in [-0.15, -0.1) is 0 Å². The standard InChI is InChI=1S/C10H20N4O/c1-4-9-12-10(14(2)13-9)8(11)6-5-7-15-3/h8H,4-7,11H2,1-3H3. The Kier molecular flexibility index (Phi) is 4.71. The van der Waals surface area contributed by atoms with Crippen LogP contribution >= 0.6 is 0 Å². The third-order valence-corrected chi connectivity index (χ3v) is 2.35. The minimum absolute atomic E-state index is 0.0436. The molecule has 0 aliphatic carbocycles. The van der Waals surface area contributed by atoms with Crippen LogP contribution in [-0.4, -0.2) is 28.5 Å². The summed E-state index contributed by atoms with van der Waals surface area (Å²) in [6.45, 7) is 2.78. The average molecular weight is 212 g/mol. The van der Waals surface area contributed by atoms with E-state index in [1.807, 2.05) is 14.0 Å². The number of hydrogen-bond acceptors (Lipinski definition) is 4. The molecule has 1 aromatic rings. The Hall–Kier alpha value is -0.940. The highest BCUT2D eigenvalue weighted by Gasteiger charge is 2.13. The molecule has 0 saturated carbocycles. The summed E-state index contributed by atoms with van der Waals surface area (Å²) in [5.41, 5.74) is 6.03. The van der Waals surface area contributed by atoms with Gasteiger partial charge in [0.2, 0.25) is 0 Å². The molecule has 1 rings (SSSR count). The van der Waals surface area contributed by atoms with E-state index < -0.39 is 0 Å². The van der Waals surface area contributed by atoms with E-state index >= 15 is 0 Å². The maximum Gasteiger partial charge on any atom is 0.150 e. The first-order chi connectivity index (χ1) is 7.19. The second-order valence-electron chi connectivity index (χ2n) is 3.60. The second-order valence-corrected chi connectivity index (χ2v) is 3.60. The number of methoxy groups -OCH3 is 1. The van der Waals surface area contributed by atoms with Crippen LogP contribution in [0.2, 0.25) is 0 Å². The summed E-state index contributed by atoms with van der Waals surface area (Å²) in [7, 11) is 3.58. The Morgan fingerprint density at radius 1 is 1.53 bits per heavy atom. The van der Waals surface area contributed by atoms with Gasteiger partial charge in [0.25, 0.3) is 0 Å². The maximum atomic E-state index is 6.03. The zero-order chi connectivity index (χ0) is 11.3. The molecule has 15 heavy (non-hydrogen) atoms. The molecule has 2 N–H and O–H groups in total. The van der Waals surface area contributed by atoms with Gasteiger partial charge < -0.3 is 10.5 Å². The van der Waals surface area contributed by atoms with Crippen LogP contribution < -0.4 is 5.73 Å². The lowest BCUT2D eigenvalue weighted by Gasteiger charge is -2.09. The van der Waals surface area contributed by atoms with Gasteiger partial charge in [-0.3, -0.25) is 4.68 Å². The van der Waals surface area contributed by atoms with E-state index in [4.69, 9.17) is 10.5 Å². The smallest absolute Gasteiger partial charge is 0.150 e. The molecule has 0 aliphatic heterocycles. The van der Waals surface area contributed by atoms with Crippen LogP contribution in [0.15, 0.2) is 0 Å². The third-order valence-electron chi connectivity index (χ3n) is 2.35. The highest BCUT2D eigenvalue weighted by molar-refractivity contribution is 4.97. The predicted octanol–water partition coefficient (Wildman–Crippen LogP) is 0.804. The monoisotopic (exact) mass is 212 g/mol.